The van der Waals surface area contributed by atoms with Gasteiger partial charge in [-0.1, -0.05) is 18.2 Å². The Morgan fingerprint density at radius 3 is 2.24 bits per heavy atom. The van der Waals surface area contributed by atoms with Crippen LogP contribution in [0.15, 0.2) is 51.9 Å². The van der Waals surface area contributed by atoms with E-state index < -0.39 is 10.0 Å². The lowest BCUT2D eigenvalue weighted by molar-refractivity contribution is 0.534. The number of aryl methyl sites for hydroxylation is 4. The van der Waals surface area contributed by atoms with E-state index in [1.54, 1.807) is 32.2 Å². The first-order valence-electron chi connectivity index (χ1n) is 7.89. The molecule has 0 aliphatic rings. The Labute approximate surface area is 147 Å². The Hall–Kier alpha value is -2.60. The lowest BCUT2D eigenvalue weighted by Gasteiger charge is -2.12. The highest BCUT2D eigenvalue weighted by atomic mass is 32.2. The van der Waals surface area contributed by atoms with Crippen molar-refractivity contribution in [2.24, 2.45) is 0 Å². The topological polar surface area (TPSA) is 72.2 Å². The molecule has 2 aromatic carbocycles. The number of hydrogen-bond donors (Lipinski definition) is 1. The average Bonchev–Trinajstić information content (AvgIpc) is 2.92. The van der Waals surface area contributed by atoms with Crippen LogP contribution in [0.1, 0.15) is 22.6 Å². The van der Waals surface area contributed by atoms with Crippen LogP contribution in [-0.2, 0) is 10.0 Å². The van der Waals surface area contributed by atoms with Crippen LogP contribution < -0.4 is 4.72 Å². The van der Waals surface area contributed by atoms with Crippen LogP contribution in [0.4, 0.5) is 5.69 Å². The number of aromatic nitrogens is 1. The highest BCUT2D eigenvalue weighted by Crippen LogP contribution is 2.27. The molecule has 0 amide bonds. The van der Waals surface area contributed by atoms with Gasteiger partial charge in [-0.25, -0.2) is 13.4 Å². The maximum Gasteiger partial charge on any atom is 0.262 e. The summed E-state index contributed by atoms with van der Waals surface area (Å²) in [6, 6.07) is 10.8. The van der Waals surface area contributed by atoms with Crippen molar-refractivity contribution in [3.63, 3.8) is 0 Å². The van der Waals surface area contributed by atoms with Gasteiger partial charge in [0.2, 0.25) is 0 Å². The van der Waals surface area contributed by atoms with Crippen molar-refractivity contribution in [1.82, 2.24) is 4.98 Å². The normalized spacial score (nSPS) is 11.5. The van der Waals surface area contributed by atoms with Crippen LogP contribution in [0.3, 0.4) is 0 Å². The summed E-state index contributed by atoms with van der Waals surface area (Å²) >= 11 is 0. The quantitative estimate of drug-likeness (QED) is 0.753. The number of oxazole rings is 1. The van der Waals surface area contributed by atoms with Gasteiger partial charge in [0, 0.05) is 18.2 Å². The first-order valence-corrected chi connectivity index (χ1v) is 9.37. The number of nitrogens with zero attached hydrogens (tertiary/aromatic N) is 1. The smallest absolute Gasteiger partial charge is 0.262 e. The summed E-state index contributed by atoms with van der Waals surface area (Å²) in [5.41, 5.74) is 3.89. The molecular formula is C19H20N2O3S. The van der Waals surface area contributed by atoms with Crippen LogP contribution in [-0.4, -0.2) is 13.4 Å². The molecule has 1 aromatic heterocycles. The fraction of sp³-hybridized carbons (Fsp3) is 0.211. The highest BCUT2D eigenvalue weighted by Gasteiger charge is 2.19. The number of benzene rings is 2. The first kappa shape index (κ1) is 17.2. The molecule has 0 bridgehead atoms. The molecule has 0 saturated heterocycles. The van der Waals surface area contributed by atoms with E-state index in [9.17, 15) is 8.42 Å². The summed E-state index contributed by atoms with van der Waals surface area (Å²) in [6.45, 7) is 7.38. The predicted octanol–water partition coefficient (Wildman–Crippen LogP) is 4.38. The van der Waals surface area contributed by atoms with Gasteiger partial charge in [0.1, 0.15) is 0 Å². The van der Waals surface area contributed by atoms with Crippen LogP contribution in [0, 0.1) is 27.7 Å². The predicted molar refractivity (Wildman–Crippen MR) is 98.1 cm³/mol. The van der Waals surface area contributed by atoms with E-state index in [0.29, 0.717) is 28.5 Å². The fourth-order valence-electron chi connectivity index (χ4n) is 2.78. The van der Waals surface area contributed by atoms with E-state index in [4.69, 9.17) is 4.42 Å². The summed E-state index contributed by atoms with van der Waals surface area (Å²) in [4.78, 5) is 4.28. The third kappa shape index (κ3) is 3.74. The molecule has 0 atom stereocenters. The zero-order valence-corrected chi connectivity index (χ0v) is 15.4. The standard InChI is InChI=1S/C19H20N2O3S/c1-12-7-13(2)9-17(8-12)21-25(22,23)19-10-16(6-5-14(19)3)18-11-20-15(4)24-18/h5-11,21H,1-4H3. The molecule has 1 heterocycles. The number of anilines is 1. The van der Waals surface area contributed by atoms with Crippen molar-refractivity contribution in [2.75, 3.05) is 4.72 Å². The minimum Gasteiger partial charge on any atom is -0.441 e. The van der Waals surface area contributed by atoms with Crippen molar-refractivity contribution in [2.45, 2.75) is 32.6 Å². The molecule has 25 heavy (non-hydrogen) atoms. The van der Waals surface area contributed by atoms with Crippen LogP contribution in [0.25, 0.3) is 11.3 Å². The van der Waals surface area contributed by atoms with Gasteiger partial charge in [0.15, 0.2) is 11.7 Å². The third-order valence-electron chi connectivity index (χ3n) is 3.86. The zero-order valence-electron chi connectivity index (χ0n) is 14.6. The molecule has 0 fully saturated rings. The van der Waals surface area contributed by atoms with Crippen LogP contribution in [0.5, 0.6) is 0 Å². The third-order valence-corrected chi connectivity index (χ3v) is 5.38. The van der Waals surface area contributed by atoms with Gasteiger partial charge < -0.3 is 4.42 Å². The van der Waals surface area contributed by atoms with E-state index in [0.717, 1.165) is 11.1 Å². The largest absolute Gasteiger partial charge is 0.441 e. The molecule has 5 nitrogen and oxygen atoms in total. The summed E-state index contributed by atoms with van der Waals surface area (Å²) in [6.07, 6.45) is 1.59. The molecule has 0 aliphatic carbocycles. The van der Waals surface area contributed by atoms with Gasteiger partial charge in [0.25, 0.3) is 10.0 Å². The lowest BCUT2D eigenvalue weighted by Crippen LogP contribution is -2.14. The van der Waals surface area contributed by atoms with Gasteiger partial charge in [-0.05, 0) is 55.7 Å². The first-order chi connectivity index (χ1) is 11.7. The fourth-order valence-corrected chi connectivity index (χ4v) is 4.09. The van der Waals surface area contributed by atoms with Gasteiger partial charge in [0.05, 0.1) is 11.1 Å². The molecule has 6 heteroatoms. The Kier molecular flexibility index (Phi) is 4.39. The summed E-state index contributed by atoms with van der Waals surface area (Å²) < 4.78 is 33.9. The maximum absolute atomic E-state index is 12.9. The van der Waals surface area contributed by atoms with Crippen molar-refractivity contribution in [3.05, 3.63) is 65.2 Å². The summed E-state index contributed by atoms with van der Waals surface area (Å²) in [5, 5.41) is 0. The van der Waals surface area contributed by atoms with Crippen LogP contribution >= 0.6 is 0 Å². The minimum absolute atomic E-state index is 0.221. The van der Waals surface area contributed by atoms with Crippen molar-refractivity contribution in [3.8, 4) is 11.3 Å². The van der Waals surface area contributed by atoms with Crippen LogP contribution in [0.2, 0.25) is 0 Å². The number of rotatable bonds is 4. The molecule has 3 aromatic rings. The highest BCUT2D eigenvalue weighted by molar-refractivity contribution is 7.92. The minimum atomic E-state index is -3.71. The molecular weight excluding hydrogens is 336 g/mol. The molecule has 0 saturated carbocycles. The Morgan fingerprint density at radius 2 is 1.64 bits per heavy atom. The van der Waals surface area contributed by atoms with Crippen molar-refractivity contribution >= 4 is 15.7 Å². The molecule has 0 radical (unpaired) electrons. The molecule has 0 aliphatic heterocycles. The second-order valence-corrected chi connectivity index (χ2v) is 7.86. The molecule has 3 rings (SSSR count). The second-order valence-electron chi connectivity index (χ2n) is 6.21. The van der Waals surface area contributed by atoms with E-state index in [1.807, 2.05) is 38.1 Å². The van der Waals surface area contributed by atoms with Crippen molar-refractivity contribution < 1.29 is 12.8 Å². The zero-order chi connectivity index (χ0) is 18.2. The molecule has 0 unspecified atom stereocenters. The molecule has 130 valence electrons. The monoisotopic (exact) mass is 356 g/mol. The van der Waals surface area contributed by atoms with Gasteiger partial charge in [-0.15, -0.1) is 0 Å². The average molecular weight is 356 g/mol. The number of hydrogen-bond acceptors (Lipinski definition) is 4. The van der Waals surface area contributed by atoms with Gasteiger partial charge in [-0.2, -0.15) is 0 Å². The SMILES string of the molecule is Cc1cc(C)cc(NS(=O)(=O)c2cc(-c3cnc(C)o3)ccc2C)c1. The Bertz CT molecular complexity index is 1020. The Morgan fingerprint density at radius 1 is 0.960 bits per heavy atom. The molecule has 1 N–H and O–H groups in total. The van der Waals surface area contributed by atoms with Gasteiger partial charge >= 0.3 is 0 Å². The van der Waals surface area contributed by atoms with E-state index >= 15 is 0 Å². The van der Waals surface area contributed by atoms with E-state index in [1.165, 1.54) is 0 Å². The Balaban J connectivity index is 2.01. The lowest BCUT2D eigenvalue weighted by atomic mass is 10.1. The van der Waals surface area contributed by atoms with Crippen molar-refractivity contribution in [1.29, 1.82) is 0 Å². The summed E-state index contributed by atoms with van der Waals surface area (Å²) in [7, 11) is -3.71. The number of sulfonamides is 1. The second kappa shape index (κ2) is 6.37. The van der Waals surface area contributed by atoms with Gasteiger partial charge in [-0.3, -0.25) is 4.72 Å². The number of nitrogens with one attached hydrogen (secondary N) is 1. The maximum atomic E-state index is 12.9. The summed E-state index contributed by atoms with van der Waals surface area (Å²) in [5.74, 6) is 1.08. The van der Waals surface area contributed by atoms with E-state index in [2.05, 4.69) is 9.71 Å². The molecule has 0 spiro atoms. The van der Waals surface area contributed by atoms with E-state index in [-0.39, 0.29) is 4.90 Å².